The van der Waals surface area contributed by atoms with Crippen LogP contribution in [0.15, 0.2) is 47.0 Å². The van der Waals surface area contributed by atoms with Gasteiger partial charge in [-0.05, 0) is 30.8 Å². The fourth-order valence-corrected chi connectivity index (χ4v) is 2.33. The van der Waals surface area contributed by atoms with E-state index in [9.17, 15) is 0 Å². The largest absolute Gasteiger partial charge is 0.339 e. The van der Waals surface area contributed by atoms with Gasteiger partial charge in [0.05, 0.1) is 5.92 Å². The summed E-state index contributed by atoms with van der Waals surface area (Å²) in [7, 11) is 1.93. The lowest BCUT2D eigenvalue weighted by molar-refractivity contribution is 0.336. The lowest BCUT2D eigenvalue weighted by Gasteiger charge is -2.14. The van der Waals surface area contributed by atoms with Gasteiger partial charge >= 0.3 is 0 Å². The Kier molecular flexibility index (Phi) is 3.71. The Bertz CT molecular complexity index is 750. The second-order valence-corrected chi connectivity index (χ2v) is 5.38. The van der Waals surface area contributed by atoms with Crippen LogP contribution < -0.4 is 5.32 Å². The highest BCUT2D eigenvalue weighted by molar-refractivity contribution is 5.86. The third-order valence-electron chi connectivity index (χ3n) is 4.04. The van der Waals surface area contributed by atoms with Gasteiger partial charge in [0, 0.05) is 11.6 Å². The number of hydrogen-bond acceptors (Lipinski definition) is 4. The zero-order valence-corrected chi connectivity index (χ0v) is 12.5. The Morgan fingerprint density at radius 1 is 1.05 bits per heavy atom. The first kappa shape index (κ1) is 13.8. The maximum atomic E-state index is 5.41. The molecule has 2 aromatic carbocycles. The standard InChI is InChI=1S/C17H19N3O/c1-11(12(2)18-3)17-19-16(20-21-17)15-9-8-13-6-4-5-7-14(13)10-15/h4-12,18H,1-3H3. The number of fused-ring (bicyclic) bond motifs is 1. The third-order valence-corrected chi connectivity index (χ3v) is 4.04. The molecule has 0 aliphatic carbocycles. The van der Waals surface area contributed by atoms with Crippen LogP contribution in [-0.2, 0) is 0 Å². The molecule has 4 heteroatoms. The average Bonchev–Trinajstić information content (AvgIpc) is 3.02. The van der Waals surface area contributed by atoms with Gasteiger partial charge in [-0.3, -0.25) is 0 Å². The van der Waals surface area contributed by atoms with Gasteiger partial charge in [-0.2, -0.15) is 4.98 Å². The molecule has 0 aliphatic heterocycles. The minimum absolute atomic E-state index is 0.178. The van der Waals surface area contributed by atoms with E-state index in [1.165, 1.54) is 10.8 Å². The van der Waals surface area contributed by atoms with E-state index in [0.717, 1.165) is 5.56 Å². The van der Waals surface area contributed by atoms with Crippen LogP contribution in [0.25, 0.3) is 22.2 Å². The van der Waals surface area contributed by atoms with Crippen molar-refractivity contribution in [2.75, 3.05) is 7.05 Å². The summed E-state index contributed by atoms with van der Waals surface area (Å²) in [5, 5.41) is 9.71. The molecule has 0 saturated carbocycles. The zero-order chi connectivity index (χ0) is 14.8. The molecule has 0 spiro atoms. The molecule has 4 nitrogen and oxygen atoms in total. The monoisotopic (exact) mass is 281 g/mol. The second kappa shape index (κ2) is 5.66. The molecule has 0 fully saturated rings. The molecule has 0 amide bonds. The van der Waals surface area contributed by atoms with Crippen molar-refractivity contribution in [1.82, 2.24) is 15.5 Å². The molecule has 1 N–H and O–H groups in total. The molecule has 21 heavy (non-hydrogen) atoms. The highest BCUT2D eigenvalue weighted by atomic mass is 16.5. The number of hydrogen-bond donors (Lipinski definition) is 1. The van der Waals surface area contributed by atoms with Crippen LogP contribution in [0.5, 0.6) is 0 Å². The number of aromatic nitrogens is 2. The number of likely N-dealkylation sites (N-methyl/N-ethyl adjacent to an activating group) is 1. The second-order valence-electron chi connectivity index (χ2n) is 5.38. The number of nitrogens with zero attached hydrogens (tertiary/aromatic N) is 2. The molecule has 3 aromatic rings. The van der Waals surface area contributed by atoms with Gasteiger partial charge in [0.15, 0.2) is 0 Å². The number of rotatable bonds is 4. The quantitative estimate of drug-likeness (QED) is 0.794. The molecule has 0 bridgehead atoms. The van der Waals surface area contributed by atoms with Crippen LogP contribution in [0, 0.1) is 0 Å². The maximum Gasteiger partial charge on any atom is 0.231 e. The smallest absolute Gasteiger partial charge is 0.231 e. The van der Waals surface area contributed by atoms with Crippen molar-refractivity contribution in [2.24, 2.45) is 0 Å². The van der Waals surface area contributed by atoms with E-state index in [0.29, 0.717) is 11.7 Å². The summed E-state index contributed by atoms with van der Waals surface area (Å²) in [6.45, 7) is 4.18. The lowest BCUT2D eigenvalue weighted by Crippen LogP contribution is -2.27. The Hall–Kier alpha value is -2.20. The predicted octanol–water partition coefficient (Wildman–Crippen LogP) is 3.60. The van der Waals surface area contributed by atoms with Gasteiger partial charge < -0.3 is 9.84 Å². The van der Waals surface area contributed by atoms with Crippen molar-refractivity contribution in [3.05, 3.63) is 48.4 Å². The first-order valence-corrected chi connectivity index (χ1v) is 7.19. The van der Waals surface area contributed by atoms with Gasteiger partial charge in [0.25, 0.3) is 0 Å². The lowest BCUT2D eigenvalue weighted by atomic mass is 10.0. The van der Waals surface area contributed by atoms with Crippen LogP contribution in [0.1, 0.15) is 25.7 Å². The van der Waals surface area contributed by atoms with E-state index in [1.807, 2.05) is 25.2 Å². The van der Waals surface area contributed by atoms with Crippen molar-refractivity contribution in [1.29, 1.82) is 0 Å². The summed E-state index contributed by atoms with van der Waals surface area (Å²) >= 11 is 0. The molecular weight excluding hydrogens is 262 g/mol. The molecule has 1 heterocycles. The molecule has 1 aromatic heterocycles. The average molecular weight is 281 g/mol. The van der Waals surface area contributed by atoms with Crippen LogP contribution >= 0.6 is 0 Å². The van der Waals surface area contributed by atoms with Crippen molar-refractivity contribution < 1.29 is 4.52 Å². The van der Waals surface area contributed by atoms with E-state index in [2.05, 4.69) is 53.6 Å². The number of benzene rings is 2. The van der Waals surface area contributed by atoms with E-state index < -0.39 is 0 Å². The van der Waals surface area contributed by atoms with E-state index in [1.54, 1.807) is 0 Å². The molecule has 0 aliphatic rings. The summed E-state index contributed by atoms with van der Waals surface area (Å²) in [6, 6.07) is 14.7. The van der Waals surface area contributed by atoms with Crippen LogP contribution in [-0.4, -0.2) is 23.2 Å². The highest BCUT2D eigenvalue weighted by Gasteiger charge is 2.20. The highest BCUT2D eigenvalue weighted by Crippen LogP contribution is 2.24. The Morgan fingerprint density at radius 3 is 2.57 bits per heavy atom. The molecule has 3 rings (SSSR count). The van der Waals surface area contributed by atoms with Crippen molar-refractivity contribution in [3.8, 4) is 11.4 Å². The van der Waals surface area contributed by atoms with Crippen molar-refractivity contribution in [2.45, 2.75) is 25.8 Å². The molecule has 2 atom stereocenters. The van der Waals surface area contributed by atoms with Gasteiger partial charge in [-0.25, -0.2) is 0 Å². The maximum absolute atomic E-state index is 5.41. The fourth-order valence-electron chi connectivity index (χ4n) is 2.33. The Balaban J connectivity index is 1.94. The van der Waals surface area contributed by atoms with Crippen molar-refractivity contribution in [3.63, 3.8) is 0 Å². The van der Waals surface area contributed by atoms with Crippen LogP contribution in [0.2, 0.25) is 0 Å². The van der Waals surface area contributed by atoms with Gasteiger partial charge in [-0.15, -0.1) is 0 Å². The normalized spacial score (nSPS) is 14.2. The summed E-state index contributed by atoms with van der Waals surface area (Å²) < 4.78 is 5.41. The van der Waals surface area contributed by atoms with Crippen LogP contribution in [0.3, 0.4) is 0 Å². The first-order chi connectivity index (χ1) is 10.2. The minimum Gasteiger partial charge on any atom is -0.339 e. The van der Waals surface area contributed by atoms with Gasteiger partial charge in [-0.1, -0.05) is 48.5 Å². The molecule has 0 saturated heterocycles. The third kappa shape index (κ3) is 2.67. The minimum atomic E-state index is 0.178. The predicted molar refractivity (Wildman–Crippen MR) is 84.2 cm³/mol. The zero-order valence-electron chi connectivity index (χ0n) is 12.5. The molecule has 0 radical (unpaired) electrons. The van der Waals surface area contributed by atoms with Gasteiger partial charge in [0.2, 0.25) is 11.7 Å². The van der Waals surface area contributed by atoms with E-state index in [4.69, 9.17) is 4.52 Å². The van der Waals surface area contributed by atoms with Crippen LogP contribution in [0.4, 0.5) is 0 Å². The SMILES string of the molecule is CNC(C)C(C)c1nc(-c2ccc3ccccc3c2)no1. The van der Waals surface area contributed by atoms with Gasteiger partial charge in [0.1, 0.15) is 0 Å². The molecule has 108 valence electrons. The number of nitrogens with one attached hydrogen (secondary N) is 1. The van der Waals surface area contributed by atoms with Crippen molar-refractivity contribution >= 4 is 10.8 Å². The summed E-state index contributed by atoms with van der Waals surface area (Å²) in [4.78, 5) is 4.54. The molecular formula is C17H19N3O. The fraction of sp³-hybridized carbons (Fsp3) is 0.294. The first-order valence-electron chi connectivity index (χ1n) is 7.19. The van der Waals surface area contributed by atoms with E-state index >= 15 is 0 Å². The summed E-state index contributed by atoms with van der Waals surface area (Å²) in [6.07, 6.45) is 0. The van der Waals surface area contributed by atoms with E-state index in [-0.39, 0.29) is 12.0 Å². The Morgan fingerprint density at radius 2 is 1.81 bits per heavy atom. The molecule has 2 unspecified atom stereocenters. The Labute approximate surface area is 124 Å². The summed E-state index contributed by atoms with van der Waals surface area (Å²) in [5.74, 6) is 1.49. The topological polar surface area (TPSA) is 51.0 Å². The summed E-state index contributed by atoms with van der Waals surface area (Å²) in [5.41, 5.74) is 0.980.